The molecule has 0 aromatic carbocycles. The molecule has 0 saturated heterocycles. The van der Waals surface area contributed by atoms with E-state index in [4.69, 9.17) is 19.1 Å². The van der Waals surface area contributed by atoms with Crippen molar-refractivity contribution in [2.75, 3.05) is 52.9 Å². The Bertz CT molecular complexity index is 849. The number of hydrogen-bond donors (Lipinski definition) is 3. The summed E-state index contributed by atoms with van der Waals surface area (Å²) in [5.41, 5.74) is 0.330. The van der Waals surface area contributed by atoms with Gasteiger partial charge in [0.25, 0.3) is 0 Å². The van der Waals surface area contributed by atoms with E-state index in [1.165, 1.54) is 5.23 Å². The Labute approximate surface area is 262 Å². The van der Waals surface area contributed by atoms with E-state index in [0.717, 1.165) is 83.6 Å². The van der Waals surface area contributed by atoms with Gasteiger partial charge < -0.3 is 14.8 Å². The molecular formula is C30H54N6O8. The summed E-state index contributed by atoms with van der Waals surface area (Å²) in [5.74, 6) is -0.456. The van der Waals surface area contributed by atoms with Crippen LogP contribution >= 0.6 is 0 Å². The molecule has 0 heterocycles. The number of nitrogens with zero attached hydrogens (tertiary/aromatic N) is 3. The van der Waals surface area contributed by atoms with E-state index in [1.807, 2.05) is 0 Å². The predicted molar refractivity (Wildman–Crippen MR) is 165 cm³/mol. The summed E-state index contributed by atoms with van der Waals surface area (Å²) < 4.78 is 10.0. The molecule has 0 rings (SSSR count). The van der Waals surface area contributed by atoms with E-state index >= 15 is 0 Å². The molecule has 0 radical (unpaired) electrons. The van der Waals surface area contributed by atoms with Crippen molar-refractivity contribution in [1.29, 1.82) is 0 Å². The van der Waals surface area contributed by atoms with Gasteiger partial charge in [-0.1, -0.05) is 57.3 Å². The zero-order chi connectivity index (χ0) is 32.5. The molecule has 14 nitrogen and oxygen atoms in total. The minimum atomic E-state index is -0.497. The molecule has 0 saturated carbocycles. The monoisotopic (exact) mass is 626 g/mol. The summed E-state index contributed by atoms with van der Waals surface area (Å²) in [6, 6.07) is 0. The van der Waals surface area contributed by atoms with Crippen molar-refractivity contribution in [3.05, 3.63) is 12.2 Å². The van der Waals surface area contributed by atoms with Crippen LogP contribution in [0.5, 0.6) is 0 Å². The maximum absolute atomic E-state index is 11.8. The summed E-state index contributed by atoms with van der Waals surface area (Å²) in [5, 5.41) is 10.5. The first-order valence-electron chi connectivity index (χ1n) is 15.8. The lowest BCUT2D eigenvalue weighted by atomic mass is 10.2. The zero-order valence-electron chi connectivity index (χ0n) is 26.7. The first-order valence-corrected chi connectivity index (χ1v) is 15.8. The van der Waals surface area contributed by atoms with Gasteiger partial charge in [-0.3, -0.25) is 20.3 Å². The number of hydroxylamine groups is 2. The third kappa shape index (κ3) is 27.8. The van der Waals surface area contributed by atoms with Crippen LogP contribution in [-0.4, -0.2) is 88.5 Å². The van der Waals surface area contributed by atoms with Crippen LogP contribution in [0.4, 0.5) is 4.79 Å². The Kier molecular flexibility index (Phi) is 29.3. The second-order valence-corrected chi connectivity index (χ2v) is 10.2. The molecule has 0 fully saturated rings. The maximum Gasteiger partial charge on any atom is 0.407 e. The number of aliphatic imine (C=N–C) groups is 2. The van der Waals surface area contributed by atoms with Gasteiger partial charge in [0.2, 0.25) is 12.2 Å². The van der Waals surface area contributed by atoms with E-state index < -0.39 is 12.1 Å². The fourth-order valence-corrected chi connectivity index (χ4v) is 3.74. The Morgan fingerprint density at radius 1 is 0.841 bits per heavy atom. The lowest BCUT2D eigenvalue weighted by Crippen LogP contribution is -2.37. The normalized spacial score (nSPS) is 11.3. The number of hydrogen-bond acceptors (Lipinski definition) is 13. The van der Waals surface area contributed by atoms with Gasteiger partial charge in [0.1, 0.15) is 19.6 Å². The van der Waals surface area contributed by atoms with Gasteiger partial charge in [-0.15, -0.1) is 0 Å². The van der Waals surface area contributed by atoms with Crippen LogP contribution in [0.2, 0.25) is 0 Å². The summed E-state index contributed by atoms with van der Waals surface area (Å²) >= 11 is 0. The predicted octanol–water partition coefficient (Wildman–Crippen LogP) is 4.18. The van der Waals surface area contributed by atoms with Crippen LogP contribution in [0.15, 0.2) is 22.1 Å². The number of nitrogens with one attached hydrogen (secondary N) is 3. The maximum atomic E-state index is 11.8. The Balaban J connectivity index is 4.24. The van der Waals surface area contributed by atoms with Gasteiger partial charge in [0, 0.05) is 18.5 Å². The molecule has 252 valence electrons. The van der Waals surface area contributed by atoms with Gasteiger partial charge in [-0.05, 0) is 52.0 Å². The molecular weight excluding hydrogens is 572 g/mol. The number of carbonyl (C=O) groups is 2. The molecule has 0 aliphatic heterocycles. The van der Waals surface area contributed by atoms with Crippen molar-refractivity contribution >= 4 is 24.2 Å². The molecule has 0 bridgehead atoms. The van der Waals surface area contributed by atoms with Crippen LogP contribution in [0, 0.1) is 0 Å². The molecule has 14 heteroatoms. The van der Waals surface area contributed by atoms with Gasteiger partial charge in [0.15, 0.2) is 0 Å². The topological polar surface area (TPSA) is 169 Å². The van der Waals surface area contributed by atoms with Crippen LogP contribution in [0.1, 0.15) is 97.3 Å². The number of esters is 1. The number of ether oxygens (including phenoxy) is 2. The molecule has 0 spiro atoms. The van der Waals surface area contributed by atoms with Crippen LogP contribution in [0.3, 0.4) is 0 Å². The van der Waals surface area contributed by atoms with Crippen molar-refractivity contribution in [3.63, 3.8) is 0 Å². The number of alkyl carbamates (subject to hydrolysis) is 1. The lowest BCUT2D eigenvalue weighted by Gasteiger charge is -2.22. The molecule has 0 aromatic rings. The number of isocyanates is 2. The second-order valence-electron chi connectivity index (χ2n) is 10.2. The minimum Gasteiger partial charge on any atom is -0.462 e. The van der Waals surface area contributed by atoms with E-state index in [9.17, 15) is 19.2 Å². The molecule has 1 unspecified atom stereocenters. The van der Waals surface area contributed by atoms with Crippen LogP contribution in [0.25, 0.3) is 0 Å². The van der Waals surface area contributed by atoms with E-state index in [-0.39, 0.29) is 32.8 Å². The van der Waals surface area contributed by atoms with Gasteiger partial charge >= 0.3 is 12.1 Å². The SMILES string of the molecule is C=C(C)C(=O)OCCCOC(=O)NCCCCCCN(OCNCCCCCCN=C=O)OCNC(CCCCC)N=C=O. The molecule has 1 amide bonds. The number of carbonyl (C=O) groups excluding carboxylic acids is 4. The van der Waals surface area contributed by atoms with Crippen molar-refractivity contribution in [2.24, 2.45) is 9.98 Å². The molecule has 0 aliphatic rings. The van der Waals surface area contributed by atoms with Crippen LogP contribution < -0.4 is 16.0 Å². The van der Waals surface area contributed by atoms with E-state index in [0.29, 0.717) is 31.6 Å². The Morgan fingerprint density at radius 2 is 1.55 bits per heavy atom. The molecule has 1 atom stereocenters. The number of unbranched alkanes of at least 4 members (excludes halogenated alkanes) is 8. The molecule has 0 aliphatic carbocycles. The van der Waals surface area contributed by atoms with Crippen molar-refractivity contribution in [1.82, 2.24) is 21.2 Å². The first kappa shape index (κ1) is 41.0. The largest absolute Gasteiger partial charge is 0.462 e. The van der Waals surface area contributed by atoms with E-state index in [1.54, 1.807) is 19.1 Å². The smallest absolute Gasteiger partial charge is 0.407 e. The zero-order valence-corrected chi connectivity index (χ0v) is 26.7. The number of rotatable bonds is 31. The molecule has 3 N–H and O–H groups in total. The van der Waals surface area contributed by atoms with Crippen molar-refractivity contribution in [3.8, 4) is 0 Å². The quantitative estimate of drug-likeness (QED) is 0.0192. The highest BCUT2D eigenvalue weighted by Crippen LogP contribution is 2.06. The lowest BCUT2D eigenvalue weighted by molar-refractivity contribution is -0.373. The summed E-state index contributed by atoms with van der Waals surface area (Å²) in [7, 11) is 0. The fourth-order valence-electron chi connectivity index (χ4n) is 3.74. The second kappa shape index (κ2) is 31.5. The first-order chi connectivity index (χ1) is 21.4. The van der Waals surface area contributed by atoms with Crippen molar-refractivity contribution in [2.45, 2.75) is 103 Å². The highest BCUT2D eigenvalue weighted by molar-refractivity contribution is 5.86. The average molecular weight is 627 g/mol. The Morgan fingerprint density at radius 3 is 2.27 bits per heavy atom. The van der Waals surface area contributed by atoms with Gasteiger partial charge in [-0.25, -0.2) is 24.2 Å². The summed E-state index contributed by atoms with van der Waals surface area (Å²) in [6.45, 7) is 10.3. The highest BCUT2D eigenvalue weighted by atomic mass is 17.0. The Hall–Kier alpha value is -2.96. The fraction of sp³-hybridized carbons (Fsp3) is 0.800. The molecule has 0 aromatic heterocycles. The summed E-state index contributed by atoms with van der Waals surface area (Å²) in [6.07, 6.45) is 13.8. The average Bonchev–Trinajstić information content (AvgIpc) is 3.00. The number of amides is 1. The standard InChI is InChI=1S/C30H54N6O8/c1-4-5-10-16-28(34-24-38)35-26-44-36(43-25-32-18-12-7-6-11-17-31-23-37)20-14-9-8-13-19-33-30(40)42-22-15-21-41-29(39)27(2)3/h28,32,35H,2,4-22,25-26H2,1,3H3,(H,33,40). The van der Waals surface area contributed by atoms with Gasteiger partial charge in [0.05, 0.1) is 26.3 Å². The van der Waals surface area contributed by atoms with Gasteiger partial charge in [-0.2, -0.15) is 4.99 Å². The summed E-state index contributed by atoms with van der Waals surface area (Å²) in [4.78, 5) is 62.8. The molecule has 44 heavy (non-hydrogen) atoms. The van der Waals surface area contributed by atoms with Crippen molar-refractivity contribution < 1.29 is 38.3 Å². The third-order valence-electron chi connectivity index (χ3n) is 6.21. The van der Waals surface area contributed by atoms with Crippen LogP contribution in [-0.2, 0) is 33.5 Å². The third-order valence-corrected chi connectivity index (χ3v) is 6.21. The minimum absolute atomic E-state index is 0.133. The van der Waals surface area contributed by atoms with E-state index in [2.05, 4.69) is 39.4 Å². The highest BCUT2D eigenvalue weighted by Gasteiger charge is 2.10.